The van der Waals surface area contributed by atoms with E-state index in [2.05, 4.69) is 46.7 Å². The zero-order valence-corrected chi connectivity index (χ0v) is 21.2. The highest BCUT2D eigenvalue weighted by molar-refractivity contribution is 7.09. The summed E-state index contributed by atoms with van der Waals surface area (Å²) in [5, 5.41) is 12.1. The first-order chi connectivity index (χ1) is 17.6. The number of aliphatic hydroxyl groups excluding tert-OH is 1. The third-order valence-corrected chi connectivity index (χ3v) is 9.69. The lowest BCUT2D eigenvalue weighted by Crippen LogP contribution is -2.43. The van der Waals surface area contributed by atoms with Crippen LogP contribution in [0.3, 0.4) is 0 Å². The topological polar surface area (TPSA) is 53.0 Å². The van der Waals surface area contributed by atoms with Gasteiger partial charge in [-0.15, -0.1) is 11.3 Å². The zero-order chi connectivity index (χ0) is 24.2. The molecule has 6 heteroatoms. The maximum Gasteiger partial charge on any atom is 0.254 e. The first-order valence-corrected chi connectivity index (χ1v) is 14.2. The van der Waals surface area contributed by atoms with Crippen LogP contribution in [0.2, 0.25) is 0 Å². The van der Waals surface area contributed by atoms with Crippen molar-refractivity contribution in [3.63, 3.8) is 0 Å². The molecule has 5 heterocycles. The Morgan fingerprint density at radius 2 is 1.78 bits per heavy atom. The van der Waals surface area contributed by atoms with Gasteiger partial charge in [0.05, 0.1) is 6.10 Å². The predicted molar refractivity (Wildman–Crippen MR) is 141 cm³/mol. The van der Waals surface area contributed by atoms with Crippen molar-refractivity contribution in [2.45, 2.75) is 62.8 Å². The second-order valence-electron chi connectivity index (χ2n) is 10.9. The van der Waals surface area contributed by atoms with Crippen molar-refractivity contribution in [1.29, 1.82) is 0 Å². The summed E-state index contributed by atoms with van der Waals surface area (Å²) in [6.45, 7) is 2.10. The SMILES string of the molecule is O=C(c1ccc2c(c1)Oc1ccccc1C2C1CC2CCC(C1)N2Cc1cccs1)N1CCC(O)C1. The molecule has 5 nitrogen and oxygen atoms in total. The molecular weight excluding hydrogens is 468 g/mol. The summed E-state index contributed by atoms with van der Waals surface area (Å²) in [6.07, 6.45) is 5.22. The Bertz CT molecular complexity index is 1260. The number of benzene rings is 2. The summed E-state index contributed by atoms with van der Waals surface area (Å²) in [4.78, 5) is 19.1. The van der Waals surface area contributed by atoms with Crippen molar-refractivity contribution >= 4 is 17.2 Å². The summed E-state index contributed by atoms with van der Waals surface area (Å²) in [5.74, 6) is 2.56. The number of carbonyl (C=O) groups is 1. The highest BCUT2D eigenvalue weighted by atomic mass is 32.1. The van der Waals surface area contributed by atoms with Gasteiger partial charge in [-0.1, -0.05) is 30.3 Å². The number of carbonyl (C=O) groups excluding carboxylic acids is 1. The Balaban J connectivity index is 1.19. The van der Waals surface area contributed by atoms with Gasteiger partial charge in [0.1, 0.15) is 11.5 Å². The summed E-state index contributed by atoms with van der Waals surface area (Å²) < 4.78 is 6.40. The second kappa shape index (κ2) is 9.02. The molecule has 1 aromatic heterocycles. The minimum absolute atomic E-state index is 0.0201. The molecule has 3 aromatic rings. The molecule has 186 valence electrons. The molecule has 36 heavy (non-hydrogen) atoms. The number of hydrogen-bond donors (Lipinski definition) is 1. The number of hydrogen-bond acceptors (Lipinski definition) is 5. The van der Waals surface area contributed by atoms with Crippen molar-refractivity contribution < 1.29 is 14.6 Å². The van der Waals surface area contributed by atoms with E-state index < -0.39 is 6.10 Å². The maximum atomic E-state index is 13.1. The first kappa shape index (κ1) is 22.5. The Hall–Kier alpha value is -2.67. The molecule has 0 saturated carbocycles. The Kier molecular flexibility index (Phi) is 5.64. The standard InChI is InChI=1S/C30H32N2O3S/c33-23-11-12-31(17-23)30(34)19-7-10-26-28(16-19)35-27-6-2-1-5-25(27)29(26)20-14-21-8-9-22(15-20)32(21)18-24-4-3-13-36-24/h1-7,10,13,16,20-23,29,33H,8-9,11-12,14-15,17-18H2. The monoisotopic (exact) mass is 500 g/mol. The molecule has 7 rings (SSSR count). The molecule has 2 aromatic carbocycles. The number of nitrogens with zero attached hydrogens (tertiary/aromatic N) is 2. The maximum absolute atomic E-state index is 13.1. The lowest BCUT2D eigenvalue weighted by atomic mass is 9.72. The minimum atomic E-state index is -0.417. The van der Waals surface area contributed by atoms with Gasteiger partial charge >= 0.3 is 0 Å². The molecule has 4 aliphatic rings. The van der Waals surface area contributed by atoms with E-state index >= 15 is 0 Å². The largest absolute Gasteiger partial charge is 0.457 e. The summed E-state index contributed by atoms with van der Waals surface area (Å²) in [6, 6.07) is 20.2. The van der Waals surface area contributed by atoms with Crippen LogP contribution in [0, 0.1) is 5.92 Å². The average molecular weight is 501 g/mol. The molecule has 1 amide bonds. The molecule has 4 aliphatic heterocycles. The van der Waals surface area contributed by atoms with Crippen LogP contribution in [0.5, 0.6) is 11.5 Å². The zero-order valence-electron chi connectivity index (χ0n) is 20.4. The number of rotatable bonds is 4. The van der Waals surface area contributed by atoms with Gasteiger partial charge in [0.15, 0.2) is 0 Å². The number of thiophene rings is 1. The first-order valence-electron chi connectivity index (χ1n) is 13.3. The van der Waals surface area contributed by atoms with Crippen LogP contribution in [0.25, 0.3) is 0 Å². The summed E-state index contributed by atoms with van der Waals surface area (Å²) in [5.41, 5.74) is 3.14. The van der Waals surface area contributed by atoms with Gasteiger partial charge in [0, 0.05) is 59.2 Å². The number of likely N-dealkylation sites (tertiary alicyclic amines) is 1. The number of piperidine rings is 1. The highest BCUT2D eigenvalue weighted by Crippen LogP contribution is 2.53. The van der Waals surface area contributed by atoms with E-state index in [1.54, 1.807) is 4.90 Å². The van der Waals surface area contributed by atoms with Crippen LogP contribution in [0.1, 0.15) is 64.4 Å². The molecule has 1 N–H and O–H groups in total. The number of para-hydroxylation sites is 1. The predicted octanol–water partition coefficient (Wildman–Crippen LogP) is 5.64. The molecule has 0 aliphatic carbocycles. The number of ether oxygens (including phenoxy) is 1. The van der Waals surface area contributed by atoms with E-state index in [-0.39, 0.29) is 11.8 Å². The average Bonchev–Trinajstić information content (AvgIpc) is 3.62. The molecule has 2 bridgehead atoms. The molecule has 3 saturated heterocycles. The fourth-order valence-corrected chi connectivity index (χ4v) is 7.89. The minimum Gasteiger partial charge on any atom is -0.457 e. The number of aliphatic hydroxyl groups is 1. The van der Waals surface area contributed by atoms with Gasteiger partial charge in [-0.3, -0.25) is 9.69 Å². The van der Waals surface area contributed by atoms with Gasteiger partial charge in [-0.25, -0.2) is 0 Å². The Morgan fingerprint density at radius 3 is 2.53 bits per heavy atom. The van der Waals surface area contributed by atoms with E-state index in [0.717, 1.165) is 18.0 Å². The number of fused-ring (bicyclic) bond motifs is 4. The Morgan fingerprint density at radius 1 is 0.972 bits per heavy atom. The van der Waals surface area contributed by atoms with Crippen molar-refractivity contribution in [2.75, 3.05) is 13.1 Å². The van der Waals surface area contributed by atoms with Crippen molar-refractivity contribution in [3.8, 4) is 11.5 Å². The molecular formula is C30H32N2O3S. The van der Waals surface area contributed by atoms with Crippen molar-refractivity contribution in [3.05, 3.63) is 81.5 Å². The quantitative estimate of drug-likeness (QED) is 0.504. The van der Waals surface area contributed by atoms with Crippen LogP contribution in [-0.4, -0.2) is 52.1 Å². The van der Waals surface area contributed by atoms with Gasteiger partial charge < -0.3 is 14.7 Å². The van der Waals surface area contributed by atoms with Crippen LogP contribution in [0.4, 0.5) is 0 Å². The van der Waals surface area contributed by atoms with Crippen LogP contribution in [-0.2, 0) is 6.54 Å². The van der Waals surface area contributed by atoms with Gasteiger partial charge in [-0.05, 0) is 67.7 Å². The summed E-state index contributed by atoms with van der Waals surface area (Å²) >= 11 is 1.87. The summed E-state index contributed by atoms with van der Waals surface area (Å²) in [7, 11) is 0. The van der Waals surface area contributed by atoms with E-state index in [1.807, 2.05) is 29.5 Å². The van der Waals surface area contributed by atoms with Gasteiger partial charge in [-0.2, -0.15) is 0 Å². The molecule has 4 atom stereocenters. The molecule has 0 spiro atoms. The fourth-order valence-electron chi connectivity index (χ4n) is 7.17. The van der Waals surface area contributed by atoms with Crippen molar-refractivity contribution in [2.24, 2.45) is 5.92 Å². The normalized spacial score (nSPS) is 29.0. The van der Waals surface area contributed by atoms with Crippen LogP contribution >= 0.6 is 11.3 Å². The number of β-amino-alcohol motifs (C(OH)–C–C–N with tert-alkyl or cyclic N) is 1. The molecule has 3 fully saturated rings. The van der Waals surface area contributed by atoms with E-state index in [0.29, 0.717) is 43.1 Å². The van der Waals surface area contributed by atoms with E-state index in [9.17, 15) is 9.90 Å². The highest BCUT2D eigenvalue weighted by Gasteiger charge is 2.45. The smallest absolute Gasteiger partial charge is 0.254 e. The Labute approximate surface area is 216 Å². The third-order valence-electron chi connectivity index (χ3n) is 8.83. The van der Waals surface area contributed by atoms with Crippen LogP contribution < -0.4 is 4.74 Å². The molecule has 0 radical (unpaired) electrons. The van der Waals surface area contributed by atoms with Crippen molar-refractivity contribution in [1.82, 2.24) is 9.80 Å². The van der Waals surface area contributed by atoms with Gasteiger partial charge in [0.25, 0.3) is 5.91 Å². The fraction of sp³-hybridized carbons (Fsp3) is 0.433. The lowest BCUT2D eigenvalue weighted by Gasteiger charge is -2.43. The van der Waals surface area contributed by atoms with Gasteiger partial charge in [0.2, 0.25) is 0 Å². The second-order valence-corrected chi connectivity index (χ2v) is 12.0. The van der Waals surface area contributed by atoms with E-state index in [1.165, 1.54) is 41.7 Å². The lowest BCUT2D eigenvalue weighted by molar-refractivity contribution is 0.0764. The van der Waals surface area contributed by atoms with Crippen LogP contribution in [0.15, 0.2) is 60.0 Å². The molecule has 4 unspecified atom stereocenters. The number of amides is 1. The van der Waals surface area contributed by atoms with E-state index in [4.69, 9.17) is 4.74 Å². The third kappa shape index (κ3) is 3.87.